The van der Waals surface area contributed by atoms with Crippen LogP contribution in [0.5, 0.6) is 0 Å². The smallest absolute Gasteiger partial charge is 0.224 e. The maximum absolute atomic E-state index is 12.1. The van der Waals surface area contributed by atoms with E-state index in [1.165, 1.54) is 9.21 Å². The Morgan fingerprint density at radius 3 is 2.60 bits per heavy atom. The minimum atomic E-state index is -3.42. The van der Waals surface area contributed by atoms with E-state index in [1.807, 2.05) is 0 Å². The Hall–Kier alpha value is -0.960. The lowest BCUT2D eigenvalue weighted by Crippen LogP contribution is -2.43. The molecule has 116 valence electrons. The fraction of sp³-hybridized carbons (Fsp3) is 0.750. The summed E-state index contributed by atoms with van der Waals surface area (Å²) in [5, 5.41) is 8.88. The second kappa shape index (κ2) is 8.35. The number of sulfonamides is 1. The normalized spacial score (nSPS) is 16.9. The van der Waals surface area contributed by atoms with Crippen molar-refractivity contribution in [2.24, 2.45) is 0 Å². The number of aliphatic hydroxyl groups is 1. The summed E-state index contributed by atoms with van der Waals surface area (Å²) in [6, 6.07) is 0. The Morgan fingerprint density at radius 1 is 1.40 bits per heavy atom. The minimum absolute atomic E-state index is 0.0898. The summed E-state index contributed by atoms with van der Waals surface area (Å²) in [4.78, 5) is 13.3. The largest absolute Gasteiger partial charge is 0.395 e. The minimum Gasteiger partial charge on any atom is -0.395 e. The molecule has 1 fully saturated rings. The molecule has 20 heavy (non-hydrogen) atoms. The van der Waals surface area contributed by atoms with Crippen molar-refractivity contribution in [3.05, 3.63) is 12.7 Å². The van der Waals surface area contributed by atoms with Gasteiger partial charge >= 0.3 is 0 Å². The van der Waals surface area contributed by atoms with Crippen LogP contribution in [0, 0.1) is 0 Å². The predicted octanol–water partition coefficient (Wildman–Crippen LogP) is -0.955. The number of amides is 1. The van der Waals surface area contributed by atoms with Crippen molar-refractivity contribution < 1.29 is 23.1 Å². The summed E-state index contributed by atoms with van der Waals surface area (Å²) in [5.41, 5.74) is 0. The summed E-state index contributed by atoms with van der Waals surface area (Å²) in [6.45, 7) is 5.31. The van der Waals surface area contributed by atoms with E-state index in [-0.39, 0.29) is 31.2 Å². The molecule has 1 saturated heterocycles. The Labute approximate surface area is 119 Å². The molecule has 8 heteroatoms. The Balaban J connectivity index is 2.51. The average Bonchev–Trinajstić information content (AvgIpc) is 2.45. The summed E-state index contributed by atoms with van der Waals surface area (Å²) >= 11 is 0. The monoisotopic (exact) mass is 306 g/mol. The maximum Gasteiger partial charge on any atom is 0.224 e. The highest BCUT2D eigenvalue weighted by Crippen LogP contribution is 2.08. The number of carbonyl (C=O) groups is 1. The molecular weight excluding hydrogens is 284 g/mol. The lowest BCUT2D eigenvalue weighted by atomic mass is 10.3. The maximum atomic E-state index is 12.1. The van der Waals surface area contributed by atoms with Gasteiger partial charge in [-0.15, -0.1) is 6.58 Å². The van der Waals surface area contributed by atoms with Gasteiger partial charge in [-0.05, 0) is 0 Å². The molecule has 0 aliphatic carbocycles. The van der Waals surface area contributed by atoms with Gasteiger partial charge in [0.1, 0.15) is 0 Å². The Morgan fingerprint density at radius 2 is 2.05 bits per heavy atom. The van der Waals surface area contributed by atoms with Gasteiger partial charge in [-0.25, -0.2) is 8.42 Å². The van der Waals surface area contributed by atoms with E-state index in [0.29, 0.717) is 32.8 Å². The SMILES string of the molecule is C=CCN(CCO)C(=O)CCS(=O)(=O)N1CCOCC1. The standard InChI is InChI=1S/C12H22N2O5S/c1-2-4-13(5-8-15)12(16)3-11-20(17,18)14-6-9-19-10-7-14/h2,15H,1,3-11H2. The molecule has 0 radical (unpaired) electrons. The number of nitrogens with zero attached hydrogens (tertiary/aromatic N) is 2. The van der Waals surface area contributed by atoms with Crippen LogP contribution < -0.4 is 0 Å². The van der Waals surface area contributed by atoms with Gasteiger partial charge in [0.25, 0.3) is 0 Å². The summed E-state index contributed by atoms with van der Waals surface area (Å²) in [6.07, 6.45) is 1.46. The zero-order valence-electron chi connectivity index (χ0n) is 11.5. The molecule has 0 saturated carbocycles. The molecule has 0 aromatic carbocycles. The van der Waals surface area contributed by atoms with Crippen LogP contribution in [-0.4, -0.2) is 80.4 Å². The second-order valence-corrected chi connectivity index (χ2v) is 6.52. The number of aliphatic hydroxyl groups excluding tert-OH is 1. The van der Waals surface area contributed by atoms with Crippen molar-refractivity contribution in [3.63, 3.8) is 0 Å². The molecule has 1 N–H and O–H groups in total. The van der Waals surface area contributed by atoms with Crippen molar-refractivity contribution in [1.82, 2.24) is 9.21 Å². The molecule has 0 atom stereocenters. The van der Waals surface area contributed by atoms with Crippen molar-refractivity contribution in [2.75, 3.05) is 51.8 Å². The predicted molar refractivity (Wildman–Crippen MR) is 74.7 cm³/mol. The molecule has 1 aliphatic heterocycles. The van der Waals surface area contributed by atoms with E-state index >= 15 is 0 Å². The second-order valence-electron chi connectivity index (χ2n) is 4.43. The molecule has 1 amide bonds. The van der Waals surface area contributed by atoms with E-state index in [2.05, 4.69) is 6.58 Å². The number of morpholine rings is 1. The number of rotatable bonds is 8. The molecule has 7 nitrogen and oxygen atoms in total. The van der Waals surface area contributed by atoms with Crippen molar-refractivity contribution in [2.45, 2.75) is 6.42 Å². The molecule has 0 spiro atoms. The lowest BCUT2D eigenvalue weighted by molar-refractivity contribution is -0.130. The van der Waals surface area contributed by atoms with E-state index in [1.54, 1.807) is 6.08 Å². The third-order valence-electron chi connectivity index (χ3n) is 3.01. The first kappa shape index (κ1) is 17.1. The highest BCUT2D eigenvalue weighted by molar-refractivity contribution is 7.89. The van der Waals surface area contributed by atoms with Gasteiger partial charge < -0.3 is 14.7 Å². The van der Waals surface area contributed by atoms with Crippen molar-refractivity contribution in [3.8, 4) is 0 Å². The van der Waals surface area contributed by atoms with Gasteiger partial charge in [0.05, 0.1) is 25.6 Å². The fourth-order valence-electron chi connectivity index (χ4n) is 1.92. The van der Waals surface area contributed by atoms with Gasteiger partial charge in [0, 0.05) is 32.6 Å². The third-order valence-corrected chi connectivity index (χ3v) is 4.88. The number of carbonyl (C=O) groups excluding carboxylic acids is 1. The van der Waals surface area contributed by atoms with Crippen LogP contribution >= 0.6 is 0 Å². The van der Waals surface area contributed by atoms with E-state index < -0.39 is 10.0 Å². The number of hydrogen-bond donors (Lipinski definition) is 1. The summed E-state index contributed by atoms with van der Waals surface area (Å²) in [7, 11) is -3.42. The van der Waals surface area contributed by atoms with Gasteiger partial charge in [0.2, 0.25) is 15.9 Å². The Bertz CT molecular complexity index is 418. The lowest BCUT2D eigenvalue weighted by Gasteiger charge is -2.26. The summed E-state index contributed by atoms with van der Waals surface area (Å²) < 4.78 is 30.6. The molecule has 0 aromatic rings. The van der Waals surface area contributed by atoms with E-state index in [4.69, 9.17) is 9.84 Å². The van der Waals surface area contributed by atoms with Crippen LogP contribution in [0.15, 0.2) is 12.7 Å². The Kier molecular flexibility index (Phi) is 7.14. The number of ether oxygens (including phenoxy) is 1. The van der Waals surface area contributed by atoms with Crippen molar-refractivity contribution in [1.29, 1.82) is 0 Å². The van der Waals surface area contributed by atoms with Crippen LogP contribution in [0.25, 0.3) is 0 Å². The zero-order chi connectivity index (χ0) is 15.0. The van der Waals surface area contributed by atoms with Gasteiger partial charge in [0.15, 0.2) is 0 Å². The van der Waals surface area contributed by atoms with Crippen LogP contribution in [0.3, 0.4) is 0 Å². The van der Waals surface area contributed by atoms with Crippen LogP contribution in [0.1, 0.15) is 6.42 Å². The zero-order valence-corrected chi connectivity index (χ0v) is 12.3. The first-order valence-electron chi connectivity index (χ1n) is 6.56. The van der Waals surface area contributed by atoms with Crippen LogP contribution in [0.2, 0.25) is 0 Å². The quantitative estimate of drug-likeness (QED) is 0.584. The molecule has 0 bridgehead atoms. The summed E-state index contributed by atoms with van der Waals surface area (Å²) in [5.74, 6) is -0.513. The van der Waals surface area contributed by atoms with Crippen LogP contribution in [-0.2, 0) is 19.6 Å². The topological polar surface area (TPSA) is 87.2 Å². The van der Waals surface area contributed by atoms with Gasteiger partial charge in [-0.2, -0.15) is 4.31 Å². The highest BCUT2D eigenvalue weighted by Gasteiger charge is 2.25. The van der Waals surface area contributed by atoms with Crippen molar-refractivity contribution >= 4 is 15.9 Å². The molecule has 1 aliphatic rings. The van der Waals surface area contributed by atoms with E-state index in [9.17, 15) is 13.2 Å². The molecule has 1 rings (SSSR count). The highest BCUT2D eigenvalue weighted by atomic mass is 32.2. The molecule has 1 heterocycles. The fourth-order valence-corrected chi connectivity index (χ4v) is 3.32. The third kappa shape index (κ3) is 5.20. The van der Waals surface area contributed by atoms with Crippen LogP contribution in [0.4, 0.5) is 0 Å². The van der Waals surface area contributed by atoms with Gasteiger partial charge in [-0.1, -0.05) is 6.08 Å². The molecular formula is C12H22N2O5S. The average molecular weight is 306 g/mol. The first-order chi connectivity index (χ1) is 9.51. The first-order valence-corrected chi connectivity index (χ1v) is 8.17. The van der Waals surface area contributed by atoms with Gasteiger partial charge in [-0.3, -0.25) is 4.79 Å². The van der Waals surface area contributed by atoms with E-state index in [0.717, 1.165) is 0 Å². The number of hydrogen-bond acceptors (Lipinski definition) is 5. The molecule has 0 unspecified atom stereocenters. The molecule has 0 aromatic heterocycles.